The first-order chi connectivity index (χ1) is 10.1. The van der Waals surface area contributed by atoms with Crippen molar-refractivity contribution < 1.29 is 9.53 Å². The molecule has 0 fully saturated rings. The van der Waals surface area contributed by atoms with Crippen LogP contribution in [0.4, 0.5) is 5.69 Å². The van der Waals surface area contributed by atoms with E-state index in [0.717, 1.165) is 17.8 Å². The van der Waals surface area contributed by atoms with Gasteiger partial charge < -0.3 is 10.1 Å². The van der Waals surface area contributed by atoms with Crippen molar-refractivity contribution >= 4 is 11.7 Å². The normalized spacial score (nSPS) is 11.8. The number of hydrogen-bond acceptors (Lipinski definition) is 3. The predicted molar refractivity (Wildman–Crippen MR) is 85.9 cm³/mol. The van der Waals surface area contributed by atoms with Gasteiger partial charge in [0.15, 0.2) is 0 Å². The molecule has 1 atom stereocenters. The molecular weight excluding hydrogens is 262 g/mol. The van der Waals surface area contributed by atoms with Crippen LogP contribution in [0.2, 0.25) is 0 Å². The van der Waals surface area contributed by atoms with Gasteiger partial charge in [0, 0.05) is 12.2 Å². The number of methoxy groups -OCH3 is 1. The summed E-state index contributed by atoms with van der Waals surface area (Å²) in [4.78, 5) is 11.7. The van der Waals surface area contributed by atoms with Gasteiger partial charge in [0.1, 0.15) is 0 Å². The summed E-state index contributed by atoms with van der Waals surface area (Å²) < 4.78 is 4.80. The molecule has 0 bridgehead atoms. The second kappa shape index (κ2) is 6.93. The molecule has 0 amide bonds. The molecule has 2 rings (SSSR count). The Labute approximate surface area is 126 Å². The Morgan fingerprint density at radius 1 is 1.14 bits per heavy atom. The van der Waals surface area contributed by atoms with Crippen LogP contribution in [-0.4, -0.2) is 19.6 Å². The molecule has 0 aliphatic heterocycles. The minimum atomic E-state index is -0.299. The van der Waals surface area contributed by atoms with Crippen LogP contribution in [0.3, 0.4) is 0 Å². The molecule has 0 radical (unpaired) electrons. The van der Waals surface area contributed by atoms with E-state index in [9.17, 15) is 4.79 Å². The highest BCUT2D eigenvalue weighted by molar-refractivity contribution is 5.92. The maximum absolute atomic E-state index is 11.7. The fraction of sp³-hybridized carbons (Fsp3) is 0.278. The molecule has 110 valence electrons. The summed E-state index contributed by atoms with van der Waals surface area (Å²) in [5, 5.41) is 3.42. The molecular formula is C18H21NO2. The number of nitrogens with one attached hydrogen (secondary N) is 1. The first-order valence-electron chi connectivity index (χ1n) is 7.10. The van der Waals surface area contributed by atoms with Gasteiger partial charge in [-0.2, -0.15) is 0 Å². The fourth-order valence-corrected chi connectivity index (χ4v) is 2.32. The number of rotatable bonds is 5. The first kappa shape index (κ1) is 15.1. The summed E-state index contributed by atoms with van der Waals surface area (Å²) in [5.41, 5.74) is 3.80. The minimum absolute atomic E-state index is 0.299. The molecule has 21 heavy (non-hydrogen) atoms. The summed E-state index contributed by atoms with van der Waals surface area (Å²) in [5.74, 6) is 0.0969. The van der Waals surface area contributed by atoms with Gasteiger partial charge in [0.2, 0.25) is 0 Å². The molecule has 0 spiro atoms. The number of esters is 1. The van der Waals surface area contributed by atoms with E-state index in [0.29, 0.717) is 11.5 Å². The van der Waals surface area contributed by atoms with Crippen LogP contribution in [0.25, 0.3) is 0 Å². The number of anilines is 1. The third kappa shape index (κ3) is 3.63. The summed E-state index contributed by atoms with van der Waals surface area (Å²) in [6.45, 7) is 4.93. The zero-order valence-corrected chi connectivity index (χ0v) is 12.7. The van der Waals surface area contributed by atoms with E-state index < -0.39 is 0 Å². The van der Waals surface area contributed by atoms with Gasteiger partial charge in [-0.3, -0.25) is 0 Å². The summed E-state index contributed by atoms with van der Waals surface area (Å²) in [6.07, 6.45) is 0. The topological polar surface area (TPSA) is 38.3 Å². The van der Waals surface area contributed by atoms with Crippen LogP contribution in [-0.2, 0) is 4.74 Å². The Bertz CT molecular complexity index is 608. The third-order valence-electron chi connectivity index (χ3n) is 3.71. The molecule has 0 aliphatic rings. The van der Waals surface area contributed by atoms with Crippen molar-refractivity contribution in [1.29, 1.82) is 0 Å². The Hall–Kier alpha value is -2.29. The zero-order valence-electron chi connectivity index (χ0n) is 12.7. The lowest BCUT2D eigenvalue weighted by Crippen LogP contribution is -2.12. The lowest BCUT2D eigenvalue weighted by molar-refractivity contribution is 0.0600. The minimum Gasteiger partial charge on any atom is -0.465 e. The number of carbonyl (C=O) groups is 1. The third-order valence-corrected chi connectivity index (χ3v) is 3.71. The molecule has 0 heterocycles. The summed E-state index contributed by atoms with van der Waals surface area (Å²) in [7, 11) is 1.40. The Balaban J connectivity index is 2.09. The molecule has 3 nitrogen and oxygen atoms in total. The van der Waals surface area contributed by atoms with Gasteiger partial charge >= 0.3 is 5.97 Å². The monoisotopic (exact) mass is 283 g/mol. The zero-order chi connectivity index (χ0) is 15.2. The maximum atomic E-state index is 11.7. The van der Waals surface area contributed by atoms with Gasteiger partial charge in [-0.1, -0.05) is 43.3 Å². The highest BCUT2D eigenvalue weighted by atomic mass is 16.5. The van der Waals surface area contributed by atoms with Crippen molar-refractivity contribution in [2.24, 2.45) is 0 Å². The predicted octanol–water partition coefficient (Wildman–Crippen LogP) is 4.00. The second-order valence-electron chi connectivity index (χ2n) is 5.16. The molecule has 2 aromatic carbocycles. The Morgan fingerprint density at radius 3 is 2.52 bits per heavy atom. The van der Waals surface area contributed by atoms with E-state index in [-0.39, 0.29) is 5.97 Å². The van der Waals surface area contributed by atoms with Crippen LogP contribution >= 0.6 is 0 Å². The van der Waals surface area contributed by atoms with Gasteiger partial charge in [-0.05, 0) is 36.1 Å². The highest BCUT2D eigenvalue weighted by Gasteiger charge is 2.12. The molecule has 3 heteroatoms. The number of hydrogen-bond donors (Lipinski definition) is 1. The van der Waals surface area contributed by atoms with Crippen molar-refractivity contribution in [3.05, 3.63) is 65.2 Å². The van der Waals surface area contributed by atoms with E-state index in [4.69, 9.17) is 4.74 Å². The lowest BCUT2D eigenvalue weighted by Gasteiger charge is -2.16. The van der Waals surface area contributed by atoms with Crippen molar-refractivity contribution in [3.63, 3.8) is 0 Å². The maximum Gasteiger partial charge on any atom is 0.338 e. The molecule has 1 unspecified atom stereocenters. The molecule has 0 aromatic heterocycles. The highest BCUT2D eigenvalue weighted by Crippen LogP contribution is 2.22. The van der Waals surface area contributed by atoms with Crippen LogP contribution in [0.5, 0.6) is 0 Å². The van der Waals surface area contributed by atoms with E-state index in [1.165, 1.54) is 12.7 Å². The quantitative estimate of drug-likeness (QED) is 0.843. The van der Waals surface area contributed by atoms with E-state index >= 15 is 0 Å². The number of ether oxygens (including phenoxy) is 1. The molecule has 2 aromatic rings. The summed E-state index contributed by atoms with van der Waals surface area (Å²) in [6, 6.07) is 16.0. The average molecular weight is 283 g/mol. The van der Waals surface area contributed by atoms with E-state index in [1.807, 2.05) is 25.1 Å². The van der Waals surface area contributed by atoms with Gasteiger partial charge in [-0.25, -0.2) is 4.79 Å². The Morgan fingerprint density at radius 2 is 1.86 bits per heavy atom. The van der Waals surface area contributed by atoms with Crippen LogP contribution < -0.4 is 5.32 Å². The molecule has 0 saturated heterocycles. The smallest absolute Gasteiger partial charge is 0.338 e. The van der Waals surface area contributed by atoms with Gasteiger partial charge in [-0.15, -0.1) is 0 Å². The van der Waals surface area contributed by atoms with Crippen LogP contribution in [0, 0.1) is 6.92 Å². The van der Waals surface area contributed by atoms with E-state index in [1.54, 1.807) is 6.07 Å². The van der Waals surface area contributed by atoms with Crippen molar-refractivity contribution in [3.8, 4) is 0 Å². The molecule has 1 N–H and O–H groups in total. The SMILES string of the molecule is COC(=O)c1cccc(NCC(C)c2ccccc2)c1C. The standard InChI is InChI=1S/C18H21NO2/c1-13(15-8-5-4-6-9-15)12-19-17-11-7-10-16(14(17)2)18(20)21-3/h4-11,13,19H,12H2,1-3H3. The van der Waals surface area contributed by atoms with Gasteiger partial charge in [0.05, 0.1) is 12.7 Å². The number of carbonyl (C=O) groups excluding carboxylic acids is 1. The van der Waals surface area contributed by atoms with E-state index in [2.05, 4.69) is 36.5 Å². The largest absolute Gasteiger partial charge is 0.465 e. The molecule has 0 saturated carbocycles. The lowest BCUT2D eigenvalue weighted by atomic mass is 10.0. The first-order valence-corrected chi connectivity index (χ1v) is 7.10. The summed E-state index contributed by atoms with van der Waals surface area (Å²) >= 11 is 0. The second-order valence-corrected chi connectivity index (χ2v) is 5.16. The number of benzene rings is 2. The van der Waals surface area contributed by atoms with Crippen LogP contribution in [0.15, 0.2) is 48.5 Å². The Kier molecular flexibility index (Phi) is 4.99. The molecule has 0 aliphatic carbocycles. The van der Waals surface area contributed by atoms with Crippen LogP contribution in [0.1, 0.15) is 34.3 Å². The average Bonchev–Trinajstić information content (AvgIpc) is 2.53. The van der Waals surface area contributed by atoms with Gasteiger partial charge in [0.25, 0.3) is 0 Å². The fourth-order valence-electron chi connectivity index (χ4n) is 2.32. The van der Waals surface area contributed by atoms with Crippen molar-refractivity contribution in [2.45, 2.75) is 19.8 Å². The van der Waals surface area contributed by atoms with Crippen molar-refractivity contribution in [2.75, 3.05) is 19.0 Å². The van der Waals surface area contributed by atoms with Crippen molar-refractivity contribution in [1.82, 2.24) is 0 Å².